The number of hydrogen-bond donors (Lipinski definition) is 0. The topological polar surface area (TPSA) is 6.48 Å². The Morgan fingerprint density at radius 3 is 2.42 bits per heavy atom. The quantitative estimate of drug-likeness (QED) is 0.676. The fraction of sp³-hybridized carbons (Fsp3) is 0.529. The fourth-order valence-electron chi connectivity index (χ4n) is 2.57. The molecule has 1 aromatic rings. The monoisotopic (exact) mass is 258 g/mol. The third kappa shape index (κ3) is 4.02. The van der Waals surface area contributed by atoms with Gasteiger partial charge in [0.2, 0.25) is 0 Å². The average Bonchev–Trinajstić information content (AvgIpc) is 2.78. The maximum Gasteiger partial charge on any atom is 0.0981 e. The van der Waals surface area contributed by atoms with Crippen LogP contribution in [0.2, 0.25) is 0 Å². The standard InChI is InChI=1S/C17H26N2/c1-3-4-5-9-12-18-13-14-19(16(18)2)15-17-10-7-6-8-11-17/h6-8,10-11,13-14,16H,3-5,9,12,15H2,1-2H3. The second-order valence-corrected chi connectivity index (χ2v) is 5.39. The molecule has 19 heavy (non-hydrogen) atoms. The van der Waals surface area contributed by atoms with Crippen molar-refractivity contribution < 1.29 is 0 Å². The molecule has 104 valence electrons. The van der Waals surface area contributed by atoms with Crippen molar-refractivity contribution in [3.8, 4) is 0 Å². The van der Waals surface area contributed by atoms with Crippen molar-refractivity contribution in [1.82, 2.24) is 9.80 Å². The van der Waals surface area contributed by atoms with Crippen molar-refractivity contribution in [3.05, 3.63) is 48.3 Å². The van der Waals surface area contributed by atoms with Gasteiger partial charge in [0.15, 0.2) is 0 Å². The summed E-state index contributed by atoms with van der Waals surface area (Å²) in [6.45, 7) is 6.75. The van der Waals surface area contributed by atoms with Crippen LogP contribution in [0.4, 0.5) is 0 Å². The van der Waals surface area contributed by atoms with E-state index in [2.05, 4.69) is 66.4 Å². The molecular weight excluding hydrogens is 232 g/mol. The van der Waals surface area contributed by atoms with Gasteiger partial charge in [0.05, 0.1) is 6.17 Å². The van der Waals surface area contributed by atoms with Gasteiger partial charge in [-0.2, -0.15) is 0 Å². The normalized spacial score (nSPS) is 18.3. The highest BCUT2D eigenvalue weighted by molar-refractivity contribution is 5.15. The molecule has 0 saturated heterocycles. The number of hydrogen-bond acceptors (Lipinski definition) is 2. The van der Waals surface area contributed by atoms with Crippen molar-refractivity contribution in [1.29, 1.82) is 0 Å². The SMILES string of the molecule is CCCCCCN1C=CN(Cc2ccccc2)C1C. The summed E-state index contributed by atoms with van der Waals surface area (Å²) in [5, 5.41) is 0. The molecule has 0 amide bonds. The Morgan fingerprint density at radius 1 is 0.947 bits per heavy atom. The average molecular weight is 258 g/mol. The third-order valence-electron chi connectivity index (χ3n) is 3.89. The van der Waals surface area contributed by atoms with E-state index in [1.807, 2.05) is 0 Å². The maximum atomic E-state index is 2.46. The van der Waals surface area contributed by atoms with E-state index in [1.54, 1.807) is 0 Å². The molecule has 1 aliphatic rings. The second kappa shape index (κ2) is 7.22. The third-order valence-corrected chi connectivity index (χ3v) is 3.89. The molecular formula is C17H26N2. The van der Waals surface area contributed by atoms with Gasteiger partial charge in [-0.3, -0.25) is 0 Å². The first kappa shape index (κ1) is 14.0. The van der Waals surface area contributed by atoms with Crippen LogP contribution >= 0.6 is 0 Å². The Labute approximate surface area is 117 Å². The van der Waals surface area contributed by atoms with Gasteiger partial charge in [0, 0.05) is 25.5 Å². The van der Waals surface area contributed by atoms with Gasteiger partial charge in [-0.1, -0.05) is 56.5 Å². The molecule has 0 aromatic heterocycles. The molecule has 2 heteroatoms. The van der Waals surface area contributed by atoms with Gasteiger partial charge in [-0.15, -0.1) is 0 Å². The van der Waals surface area contributed by atoms with Crippen LogP contribution in [0.1, 0.15) is 45.1 Å². The number of rotatable bonds is 7. The summed E-state index contributed by atoms with van der Waals surface area (Å²) in [7, 11) is 0. The van der Waals surface area contributed by atoms with Crippen LogP contribution < -0.4 is 0 Å². The summed E-state index contributed by atoms with van der Waals surface area (Å²) in [6.07, 6.45) is 10.3. The van der Waals surface area contributed by atoms with E-state index in [0.29, 0.717) is 6.17 Å². The first-order chi connectivity index (χ1) is 9.31. The van der Waals surface area contributed by atoms with Crippen molar-refractivity contribution in [3.63, 3.8) is 0 Å². The van der Waals surface area contributed by atoms with Crippen LogP contribution in [0, 0.1) is 0 Å². The fourth-order valence-corrected chi connectivity index (χ4v) is 2.57. The van der Waals surface area contributed by atoms with E-state index in [1.165, 1.54) is 37.8 Å². The van der Waals surface area contributed by atoms with Gasteiger partial charge in [0.25, 0.3) is 0 Å². The molecule has 1 aromatic carbocycles. The first-order valence-corrected chi connectivity index (χ1v) is 7.55. The number of unbranched alkanes of at least 4 members (excludes halogenated alkanes) is 3. The molecule has 0 bridgehead atoms. The highest BCUT2D eigenvalue weighted by atomic mass is 15.4. The highest BCUT2D eigenvalue weighted by Gasteiger charge is 2.20. The van der Waals surface area contributed by atoms with Gasteiger partial charge < -0.3 is 9.80 Å². The predicted molar refractivity (Wildman–Crippen MR) is 81.4 cm³/mol. The summed E-state index contributed by atoms with van der Waals surface area (Å²) in [5.74, 6) is 0. The van der Waals surface area contributed by atoms with Gasteiger partial charge in [-0.25, -0.2) is 0 Å². The van der Waals surface area contributed by atoms with E-state index < -0.39 is 0 Å². The zero-order valence-corrected chi connectivity index (χ0v) is 12.3. The van der Waals surface area contributed by atoms with Crippen molar-refractivity contribution >= 4 is 0 Å². The molecule has 0 radical (unpaired) electrons. The van der Waals surface area contributed by atoms with Crippen molar-refractivity contribution in [2.24, 2.45) is 0 Å². The van der Waals surface area contributed by atoms with Crippen LogP contribution in [0.15, 0.2) is 42.7 Å². The lowest BCUT2D eigenvalue weighted by Gasteiger charge is -2.30. The summed E-state index contributed by atoms with van der Waals surface area (Å²) in [4.78, 5) is 4.87. The molecule has 0 spiro atoms. The largest absolute Gasteiger partial charge is 0.356 e. The molecule has 0 saturated carbocycles. The Bertz CT molecular complexity index is 386. The Kier molecular flexibility index (Phi) is 5.31. The van der Waals surface area contributed by atoms with Gasteiger partial charge in [0.1, 0.15) is 0 Å². The van der Waals surface area contributed by atoms with Crippen LogP contribution in [0.25, 0.3) is 0 Å². The number of nitrogens with zero attached hydrogens (tertiary/aromatic N) is 2. The zero-order valence-electron chi connectivity index (χ0n) is 12.3. The lowest BCUT2D eigenvalue weighted by molar-refractivity contribution is 0.162. The van der Waals surface area contributed by atoms with E-state index >= 15 is 0 Å². The smallest absolute Gasteiger partial charge is 0.0981 e. The number of benzene rings is 1. The van der Waals surface area contributed by atoms with Crippen LogP contribution in [0.5, 0.6) is 0 Å². The van der Waals surface area contributed by atoms with Crippen LogP contribution in [-0.4, -0.2) is 22.5 Å². The van der Waals surface area contributed by atoms with E-state index in [0.717, 1.165) is 6.54 Å². The molecule has 2 rings (SSSR count). The molecule has 0 fully saturated rings. The van der Waals surface area contributed by atoms with E-state index in [9.17, 15) is 0 Å². The Balaban J connectivity index is 1.78. The Morgan fingerprint density at radius 2 is 1.68 bits per heavy atom. The minimum atomic E-state index is 0.488. The maximum absolute atomic E-state index is 2.46. The molecule has 1 unspecified atom stereocenters. The first-order valence-electron chi connectivity index (χ1n) is 7.55. The lowest BCUT2D eigenvalue weighted by Crippen LogP contribution is -2.36. The summed E-state index contributed by atoms with van der Waals surface area (Å²) in [5.41, 5.74) is 1.38. The molecule has 0 N–H and O–H groups in total. The molecule has 1 heterocycles. The molecule has 1 aliphatic heterocycles. The molecule has 2 nitrogen and oxygen atoms in total. The lowest BCUT2D eigenvalue weighted by atomic mass is 10.2. The highest BCUT2D eigenvalue weighted by Crippen LogP contribution is 2.19. The summed E-state index contributed by atoms with van der Waals surface area (Å²) in [6, 6.07) is 10.7. The minimum absolute atomic E-state index is 0.488. The van der Waals surface area contributed by atoms with Gasteiger partial charge >= 0.3 is 0 Å². The van der Waals surface area contributed by atoms with Gasteiger partial charge in [-0.05, 0) is 18.9 Å². The molecule has 1 atom stereocenters. The van der Waals surface area contributed by atoms with Crippen molar-refractivity contribution in [2.45, 2.75) is 52.2 Å². The predicted octanol–water partition coefficient (Wildman–Crippen LogP) is 4.20. The Hall–Kier alpha value is -1.44. The summed E-state index contributed by atoms with van der Waals surface area (Å²) >= 11 is 0. The minimum Gasteiger partial charge on any atom is -0.356 e. The summed E-state index contributed by atoms with van der Waals surface area (Å²) < 4.78 is 0. The zero-order chi connectivity index (χ0) is 13.5. The van der Waals surface area contributed by atoms with Crippen LogP contribution in [-0.2, 0) is 6.54 Å². The van der Waals surface area contributed by atoms with E-state index in [4.69, 9.17) is 0 Å². The van der Waals surface area contributed by atoms with E-state index in [-0.39, 0.29) is 0 Å². The van der Waals surface area contributed by atoms with Crippen LogP contribution in [0.3, 0.4) is 0 Å². The second-order valence-electron chi connectivity index (χ2n) is 5.39. The molecule has 0 aliphatic carbocycles. The van der Waals surface area contributed by atoms with Crippen molar-refractivity contribution in [2.75, 3.05) is 6.54 Å².